The summed E-state index contributed by atoms with van der Waals surface area (Å²) in [5, 5.41) is 0. The maximum absolute atomic E-state index is 10.3. The zero-order valence-corrected chi connectivity index (χ0v) is 20.7. The van der Waals surface area contributed by atoms with Crippen molar-refractivity contribution < 1.29 is 14.4 Å². The molecule has 0 aliphatic rings. The van der Waals surface area contributed by atoms with E-state index in [1.54, 1.807) is 6.08 Å². The molecule has 0 bridgehead atoms. The highest BCUT2D eigenvalue weighted by atomic mass is 16.1. The van der Waals surface area contributed by atoms with Crippen LogP contribution in [0.5, 0.6) is 0 Å². The molecule has 0 heterocycles. The number of allylic oxidation sites excluding steroid dienone is 4. The van der Waals surface area contributed by atoms with Crippen molar-refractivity contribution in [2.75, 3.05) is 0 Å². The van der Waals surface area contributed by atoms with Crippen LogP contribution >= 0.6 is 0 Å². The van der Waals surface area contributed by atoms with Crippen LogP contribution in [0.15, 0.2) is 54.6 Å². The molecular weight excluding hydrogens is 396 g/mol. The lowest BCUT2D eigenvalue weighted by molar-refractivity contribution is -0.109. The summed E-state index contributed by atoms with van der Waals surface area (Å²) in [6, 6.07) is 9.74. The molecule has 1 atom stereocenters. The van der Waals surface area contributed by atoms with Crippen LogP contribution in [0.1, 0.15) is 109 Å². The average Bonchev–Trinajstić information content (AvgIpc) is 2.84. The summed E-state index contributed by atoms with van der Waals surface area (Å²) in [7, 11) is 0. The van der Waals surface area contributed by atoms with Crippen molar-refractivity contribution in [3.05, 3.63) is 60.2 Å². The van der Waals surface area contributed by atoms with Gasteiger partial charge in [-0.3, -0.25) is 4.79 Å². The Labute approximate surface area is 197 Å². The minimum absolute atomic E-state index is 0.0289. The third-order valence-corrected chi connectivity index (χ3v) is 4.90. The van der Waals surface area contributed by atoms with Gasteiger partial charge >= 0.3 is 0 Å². The summed E-state index contributed by atoms with van der Waals surface area (Å²) in [6.45, 7) is 6.15. The SMILES string of the molecule is CC(C=O)c1ccccc1.CC=CCCCCCCCC=O.CCCCCCC=CC=O. The predicted molar refractivity (Wildman–Crippen MR) is 138 cm³/mol. The monoisotopic (exact) mass is 442 g/mol. The summed E-state index contributed by atoms with van der Waals surface area (Å²) in [6.07, 6.45) is 24.9. The summed E-state index contributed by atoms with van der Waals surface area (Å²) in [5.74, 6) is 0.0289. The van der Waals surface area contributed by atoms with Gasteiger partial charge in [-0.2, -0.15) is 0 Å². The van der Waals surface area contributed by atoms with Crippen molar-refractivity contribution in [1.29, 1.82) is 0 Å². The lowest BCUT2D eigenvalue weighted by Gasteiger charge is -2.00. The molecule has 0 fully saturated rings. The van der Waals surface area contributed by atoms with E-state index in [0.717, 1.165) is 43.7 Å². The van der Waals surface area contributed by atoms with E-state index in [0.29, 0.717) is 0 Å². The maximum Gasteiger partial charge on any atom is 0.142 e. The highest BCUT2D eigenvalue weighted by Gasteiger charge is 1.99. The molecule has 0 N–H and O–H groups in total. The van der Waals surface area contributed by atoms with Gasteiger partial charge in [0.1, 0.15) is 18.9 Å². The number of carbonyl (C=O) groups is 3. The lowest BCUT2D eigenvalue weighted by Crippen LogP contribution is -1.92. The van der Waals surface area contributed by atoms with Gasteiger partial charge in [-0.1, -0.05) is 101 Å². The second-order valence-corrected chi connectivity index (χ2v) is 7.83. The molecule has 3 nitrogen and oxygen atoms in total. The largest absolute Gasteiger partial charge is 0.303 e. The Hall–Kier alpha value is -2.29. The number of unbranched alkanes of at least 4 members (excludes halogenated alkanes) is 10. The third-order valence-electron chi connectivity index (χ3n) is 4.90. The average molecular weight is 443 g/mol. The van der Waals surface area contributed by atoms with Gasteiger partial charge in [0.2, 0.25) is 0 Å². The fourth-order valence-corrected chi connectivity index (χ4v) is 2.86. The first-order valence-electron chi connectivity index (χ1n) is 12.3. The Morgan fingerprint density at radius 3 is 1.84 bits per heavy atom. The molecule has 3 heteroatoms. The highest BCUT2D eigenvalue weighted by molar-refractivity contribution is 5.64. The Bertz CT molecular complexity index is 575. The molecule has 1 aromatic rings. The van der Waals surface area contributed by atoms with Crippen LogP contribution in [0.3, 0.4) is 0 Å². The number of rotatable bonds is 16. The Kier molecular flexibility index (Phi) is 28.6. The van der Waals surface area contributed by atoms with Gasteiger partial charge in [-0.15, -0.1) is 0 Å². The third kappa shape index (κ3) is 25.7. The Morgan fingerprint density at radius 2 is 1.31 bits per heavy atom. The van der Waals surface area contributed by atoms with Crippen LogP contribution < -0.4 is 0 Å². The zero-order valence-electron chi connectivity index (χ0n) is 20.7. The van der Waals surface area contributed by atoms with E-state index in [9.17, 15) is 14.4 Å². The first-order valence-corrected chi connectivity index (χ1v) is 12.3. The zero-order chi connectivity index (χ0) is 24.1. The molecule has 1 rings (SSSR count). The van der Waals surface area contributed by atoms with Gasteiger partial charge in [-0.05, 0) is 50.7 Å². The van der Waals surface area contributed by atoms with E-state index in [1.807, 2.05) is 43.3 Å². The van der Waals surface area contributed by atoms with Crippen LogP contribution in [0.2, 0.25) is 0 Å². The smallest absolute Gasteiger partial charge is 0.142 e. The maximum atomic E-state index is 10.3. The first-order chi connectivity index (χ1) is 15.7. The van der Waals surface area contributed by atoms with Crippen molar-refractivity contribution >= 4 is 18.9 Å². The van der Waals surface area contributed by atoms with E-state index >= 15 is 0 Å². The standard InChI is InChI=1S/C11H20O.C9H10O.C9H16O/c1-2-3-4-5-6-7-8-9-10-11-12;1-8(7-10)9-5-3-2-4-6-9;1-2-3-4-5-6-7-8-9-10/h2-3,11H,4-10H2,1H3;2-8H,1H3;7-9H,2-6H2,1H3. The molecule has 0 aromatic heterocycles. The fraction of sp³-hybridized carbons (Fsp3) is 0.552. The van der Waals surface area contributed by atoms with E-state index in [2.05, 4.69) is 26.0 Å². The first kappa shape index (κ1) is 31.9. The molecule has 32 heavy (non-hydrogen) atoms. The minimum Gasteiger partial charge on any atom is -0.303 e. The molecule has 0 amide bonds. The molecule has 0 aliphatic heterocycles. The molecular formula is C29H46O3. The van der Waals surface area contributed by atoms with Gasteiger partial charge in [0, 0.05) is 12.3 Å². The molecule has 0 saturated carbocycles. The highest BCUT2D eigenvalue weighted by Crippen LogP contribution is 2.10. The number of hydrogen-bond donors (Lipinski definition) is 0. The van der Waals surface area contributed by atoms with Gasteiger partial charge in [0.15, 0.2) is 0 Å². The van der Waals surface area contributed by atoms with E-state index < -0.39 is 0 Å². The van der Waals surface area contributed by atoms with Crippen molar-refractivity contribution in [2.45, 2.75) is 104 Å². The Morgan fingerprint density at radius 1 is 0.750 bits per heavy atom. The lowest BCUT2D eigenvalue weighted by atomic mass is 10.0. The topological polar surface area (TPSA) is 51.2 Å². The molecule has 1 aromatic carbocycles. The van der Waals surface area contributed by atoms with Crippen LogP contribution in [0, 0.1) is 0 Å². The molecule has 0 radical (unpaired) electrons. The van der Waals surface area contributed by atoms with Gasteiger partial charge in [0.05, 0.1) is 0 Å². The molecule has 0 spiro atoms. The van der Waals surface area contributed by atoms with E-state index in [1.165, 1.54) is 57.8 Å². The number of aldehydes is 3. The van der Waals surface area contributed by atoms with Crippen molar-refractivity contribution in [1.82, 2.24) is 0 Å². The predicted octanol–water partition coefficient (Wildman–Crippen LogP) is 8.19. The van der Waals surface area contributed by atoms with Crippen LogP contribution in [-0.2, 0) is 14.4 Å². The summed E-state index contributed by atoms with van der Waals surface area (Å²) < 4.78 is 0. The molecule has 0 saturated heterocycles. The molecule has 1 unspecified atom stereocenters. The van der Waals surface area contributed by atoms with Gasteiger partial charge in [-0.25, -0.2) is 0 Å². The number of benzene rings is 1. The molecule has 180 valence electrons. The number of hydrogen-bond acceptors (Lipinski definition) is 3. The van der Waals surface area contributed by atoms with Crippen molar-refractivity contribution in [3.63, 3.8) is 0 Å². The Balaban J connectivity index is 0. The quantitative estimate of drug-likeness (QED) is 0.112. The van der Waals surface area contributed by atoms with Gasteiger partial charge < -0.3 is 9.59 Å². The normalized spacial score (nSPS) is 11.2. The number of carbonyl (C=O) groups excluding carboxylic acids is 3. The van der Waals surface area contributed by atoms with E-state index in [4.69, 9.17) is 0 Å². The summed E-state index contributed by atoms with van der Waals surface area (Å²) in [4.78, 5) is 30.1. The summed E-state index contributed by atoms with van der Waals surface area (Å²) >= 11 is 0. The van der Waals surface area contributed by atoms with Crippen molar-refractivity contribution in [2.24, 2.45) is 0 Å². The van der Waals surface area contributed by atoms with E-state index in [-0.39, 0.29) is 5.92 Å². The minimum atomic E-state index is 0.0289. The second-order valence-electron chi connectivity index (χ2n) is 7.83. The van der Waals surface area contributed by atoms with Gasteiger partial charge in [0.25, 0.3) is 0 Å². The molecule has 0 aliphatic carbocycles. The fourth-order valence-electron chi connectivity index (χ4n) is 2.86. The van der Waals surface area contributed by atoms with Crippen LogP contribution in [0.25, 0.3) is 0 Å². The van der Waals surface area contributed by atoms with Crippen LogP contribution in [-0.4, -0.2) is 18.9 Å². The van der Waals surface area contributed by atoms with Crippen LogP contribution in [0.4, 0.5) is 0 Å². The second kappa shape index (κ2) is 28.7. The van der Waals surface area contributed by atoms with Crippen molar-refractivity contribution in [3.8, 4) is 0 Å². The summed E-state index contributed by atoms with van der Waals surface area (Å²) in [5.41, 5.74) is 1.08.